The zero-order chi connectivity index (χ0) is 13.1. The van der Waals surface area contributed by atoms with Crippen molar-refractivity contribution in [3.63, 3.8) is 0 Å². The zero-order valence-electron chi connectivity index (χ0n) is 10.4. The molecule has 1 saturated carbocycles. The molecule has 0 radical (unpaired) electrons. The van der Waals surface area contributed by atoms with Crippen LogP contribution in [0.1, 0.15) is 24.0 Å². The maximum absolute atomic E-state index is 13.2. The molecule has 0 bridgehead atoms. The van der Waals surface area contributed by atoms with Gasteiger partial charge in [0, 0.05) is 13.1 Å². The minimum Gasteiger partial charge on any atom is -0.393 e. The molecule has 18 heavy (non-hydrogen) atoms. The van der Waals surface area contributed by atoms with E-state index in [1.54, 1.807) is 0 Å². The van der Waals surface area contributed by atoms with E-state index in [2.05, 4.69) is 11.0 Å². The summed E-state index contributed by atoms with van der Waals surface area (Å²) in [6.45, 7) is 1.44. The van der Waals surface area contributed by atoms with Gasteiger partial charge in [0.2, 0.25) is 0 Å². The van der Waals surface area contributed by atoms with E-state index in [0.717, 1.165) is 24.9 Å². The minimum absolute atomic E-state index is 0.146. The van der Waals surface area contributed by atoms with Gasteiger partial charge in [-0.05, 0) is 49.6 Å². The molecule has 0 atom stereocenters. The maximum atomic E-state index is 13.2. The van der Waals surface area contributed by atoms with Crippen LogP contribution in [0.15, 0.2) is 18.2 Å². The smallest absolute Gasteiger partial charge is 0.123 e. The van der Waals surface area contributed by atoms with Crippen LogP contribution in [0.25, 0.3) is 0 Å². The molecule has 2 rings (SSSR count). The molecule has 96 valence electrons. The van der Waals surface area contributed by atoms with Crippen molar-refractivity contribution < 1.29 is 9.50 Å². The third-order valence-electron chi connectivity index (χ3n) is 3.41. The number of aliphatic hydroxyl groups is 1. The van der Waals surface area contributed by atoms with Gasteiger partial charge >= 0.3 is 0 Å². The van der Waals surface area contributed by atoms with E-state index in [1.165, 1.54) is 18.2 Å². The van der Waals surface area contributed by atoms with Gasteiger partial charge in [-0.15, -0.1) is 0 Å². The molecule has 0 heterocycles. The van der Waals surface area contributed by atoms with Crippen LogP contribution in [-0.2, 0) is 6.54 Å². The third-order valence-corrected chi connectivity index (χ3v) is 3.41. The van der Waals surface area contributed by atoms with Crippen molar-refractivity contribution in [1.29, 1.82) is 5.26 Å². The summed E-state index contributed by atoms with van der Waals surface area (Å²) < 4.78 is 13.2. The molecule has 1 aromatic rings. The van der Waals surface area contributed by atoms with Crippen LogP contribution < -0.4 is 0 Å². The van der Waals surface area contributed by atoms with Crippen molar-refractivity contribution in [2.45, 2.75) is 25.5 Å². The Morgan fingerprint density at radius 2 is 2.22 bits per heavy atom. The van der Waals surface area contributed by atoms with Gasteiger partial charge in [-0.25, -0.2) is 4.39 Å². The largest absolute Gasteiger partial charge is 0.393 e. The van der Waals surface area contributed by atoms with E-state index < -0.39 is 0 Å². The summed E-state index contributed by atoms with van der Waals surface area (Å²) in [5.74, 6) is 0.209. The summed E-state index contributed by atoms with van der Waals surface area (Å²) >= 11 is 0. The molecular weight excluding hydrogens is 231 g/mol. The Bertz CT molecular complexity index is 463. The summed E-state index contributed by atoms with van der Waals surface area (Å²) in [4.78, 5) is 2.08. The summed E-state index contributed by atoms with van der Waals surface area (Å²) in [6, 6.07) is 6.33. The molecular formula is C14H17FN2O. The van der Waals surface area contributed by atoms with Crippen LogP contribution in [0.2, 0.25) is 0 Å². The van der Waals surface area contributed by atoms with Crippen molar-refractivity contribution in [2.75, 3.05) is 13.6 Å². The molecule has 0 amide bonds. The van der Waals surface area contributed by atoms with Gasteiger partial charge in [0.25, 0.3) is 0 Å². The van der Waals surface area contributed by atoms with Crippen LogP contribution >= 0.6 is 0 Å². The third kappa shape index (κ3) is 3.06. The summed E-state index contributed by atoms with van der Waals surface area (Å²) in [6.07, 6.45) is 1.55. The predicted molar refractivity (Wildman–Crippen MR) is 66.2 cm³/mol. The van der Waals surface area contributed by atoms with Gasteiger partial charge in [0.05, 0.1) is 17.7 Å². The lowest BCUT2D eigenvalue weighted by Gasteiger charge is -2.34. The molecule has 1 N–H and O–H groups in total. The Hall–Kier alpha value is -1.44. The number of hydrogen-bond donors (Lipinski definition) is 1. The number of halogens is 1. The standard InChI is InChI=1S/C14H17FN2O/c1-17(8-10-4-14(18)5-10)9-12-6-13(15)3-2-11(12)7-16/h2-3,6,10,14,18H,4-5,8-9H2,1H3. The number of benzene rings is 1. The molecule has 0 spiro atoms. The number of nitriles is 1. The van der Waals surface area contributed by atoms with Gasteiger partial charge < -0.3 is 10.0 Å². The van der Waals surface area contributed by atoms with Gasteiger partial charge in [0.15, 0.2) is 0 Å². The first kappa shape index (κ1) is 13.0. The van der Waals surface area contributed by atoms with Crippen LogP contribution in [-0.4, -0.2) is 29.7 Å². The first-order chi connectivity index (χ1) is 8.58. The second kappa shape index (κ2) is 5.47. The van der Waals surface area contributed by atoms with E-state index in [4.69, 9.17) is 5.26 Å². The fourth-order valence-electron chi connectivity index (χ4n) is 2.45. The lowest BCUT2D eigenvalue weighted by atomic mass is 9.82. The Balaban J connectivity index is 1.96. The molecule has 0 aromatic heterocycles. The molecule has 1 aliphatic rings. The van der Waals surface area contributed by atoms with Gasteiger partial charge in [-0.2, -0.15) is 5.26 Å². The predicted octanol–water partition coefficient (Wildman–Crippen LogP) is 1.90. The second-order valence-corrected chi connectivity index (χ2v) is 5.10. The summed E-state index contributed by atoms with van der Waals surface area (Å²) in [7, 11) is 1.96. The molecule has 4 heteroatoms. The highest BCUT2D eigenvalue weighted by Gasteiger charge is 2.27. The average molecular weight is 248 g/mol. The molecule has 0 unspecified atom stereocenters. The quantitative estimate of drug-likeness (QED) is 0.885. The van der Waals surface area contributed by atoms with Crippen LogP contribution in [0.5, 0.6) is 0 Å². The number of nitrogens with zero attached hydrogens (tertiary/aromatic N) is 2. The highest BCUT2D eigenvalue weighted by atomic mass is 19.1. The second-order valence-electron chi connectivity index (χ2n) is 5.10. The lowest BCUT2D eigenvalue weighted by Crippen LogP contribution is -2.36. The van der Waals surface area contributed by atoms with E-state index in [-0.39, 0.29) is 11.9 Å². The molecule has 1 fully saturated rings. The molecule has 0 aliphatic heterocycles. The van der Waals surface area contributed by atoms with E-state index >= 15 is 0 Å². The summed E-state index contributed by atoms with van der Waals surface area (Å²) in [5.41, 5.74) is 1.25. The van der Waals surface area contributed by atoms with E-state index in [9.17, 15) is 9.50 Å². The van der Waals surface area contributed by atoms with Crippen LogP contribution in [0.4, 0.5) is 4.39 Å². The SMILES string of the molecule is CN(Cc1cc(F)ccc1C#N)CC1CC(O)C1. The number of hydrogen-bond acceptors (Lipinski definition) is 3. The molecule has 3 nitrogen and oxygen atoms in total. The highest BCUT2D eigenvalue weighted by Crippen LogP contribution is 2.28. The van der Waals surface area contributed by atoms with Crippen molar-refractivity contribution in [2.24, 2.45) is 5.92 Å². The van der Waals surface area contributed by atoms with Crippen molar-refractivity contribution in [1.82, 2.24) is 4.90 Å². The number of aliphatic hydroxyl groups excluding tert-OH is 1. The Morgan fingerprint density at radius 3 is 2.83 bits per heavy atom. The number of rotatable bonds is 4. The Kier molecular flexibility index (Phi) is 3.95. The van der Waals surface area contributed by atoms with Crippen molar-refractivity contribution in [3.8, 4) is 6.07 Å². The first-order valence-corrected chi connectivity index (χ1v) is 6.13. The lowest BCUT2D eigenvalue weighted by molar-refractivity contribution is 0.0273. The van der Waals surface area contributed by atoms with Gasteiger partial charge in [-0.1, -0.05) is 0 Å². The topological polar surface area (TPSA) is 47.3 Å². The van der Waals surface area contributed by atoms with E-state index in [1.807, 2.05) is 7.05 Å². The monoisotopic (exact) mass is 248 g/mol. The maximum Gasteiger partial charge on any atom is 0.123 e. The molecule has 0 saturated heterocycles. The van der Waals surface area contributed by atoms with Crippen molar-refractivity contribution >= 4 is 0 Å². The van der Waals surface area contributed by atoms with Gasteiger partial charge in [-0.3, -0.25) is 0 Å². The highest BCUT2D eigenvalue weighted by molar-refractivity contribution is 5.37. The van der Waals surface area contributed by atoms with Crippen LogP contribution in [0, 0.1) is 23.1 Å². The Labute approximate surface area is 106 Å². The zero-order valence-corrected chi connectivity index (χ0v) is 10.4. The normalized spacial score (nSPS) is 22.6. The first-order valence-electron chi connectivity index (χ1n) is 6.13. The fraction of sp³-hybridized carbons (Fsp3) is 0.500. The molecule has 1 aromatic carbocycles. The van der Waals surface area contributed by atoms with E-state index in [0.29, 0.717) is 18.0 Å². The minimum atomic E-state index is -0.309. The van der Waals surface area contributed by atoms with Crippen molar-refractivity contribution in [3.05, 3.63) is 35.1 Å². The Morgan fingerprint density at radius 1 is 1.50 bits per heavy atom. The molecule has 1 aliphatic carbocycles. The van der Waals surface area contributed by atoms with Gasteiger partial charge in [0.1, 0.15) is 5.82 Å². The van der Waals surface area contributed by atoms with Crippen LogP contribution in [0.3, 0.4) is 0 Å². The summed E-state index contributed by atoms with van der Waals surface area (Å²) in [5, 5.41) is 18.2. The fourth-order valence-corrected chi connectivity index (χ4v) is 2.45. The average Bonchev–Trinajstić information content (AvgIpc) is 2.27.